The van der Waals surface area contributed by atoms with Gasteiger partial charge in [-0.05, 0) is 25.2 Å². The van der Waals surface area contributed by atoms with Crippen molar-refractivity contribution >= 4 is 5.97 Å². The van der Waals surface area contributed by atoms with E-state index in [-0.39, 0.29) is 5.92 Å². The van der Waals surface area contributed by atoms with E-state index in [9.17, 15) is 9.90 Å². The molecule has 1 N–H and O–H groups in total. The van der Waals surface area contributed by atoms with Gasteiger partial charge in [-0.25, -0.2) is 0 Å². The van der Waals surface area contributed by atoms with E-state index in [1.165, 1.54) is 128 Å². The summed E-state index contributed by atoms with van der Waals surface area (Å²) >= 11 is 0. The van der Waals surface area contributed by atoms with Crippen LogP contribution in [-0.4, -0.2) is 11.1 Å². The largest absolute Gasteiger partial charge is 0.481 e. The van der Waals surface area contributed by atoms with Gasteiger partial charge in [-0.2, -0.15) is 0 Å². The predicted octanol–water partition coefficient (Wildman–Crippen LogP) is 11.1. The van der Waals surface area contributed by atoms with Crippen LogP contribution in [0.25, 0.3) is 0 Å². The third-order valence-electron chi connectivity index (χ3n) is 8.22. The van der Waals surface area contributed by atoms with Gasteiger partial charge < -0.3 is 5.11 Å². The molecular weight excluding hydrogens is 404 g/mol. The van der Waals surface area contributed by atoms with E-state index in [0.717, 1.165) is 25.7 Å². The summed E-state index contributed by atoms with van der Waals surface area (Å²) in [6, 6.07) is 0. The summed E-state index contributed by atoms with van der Waals surface area (Å²) in [6.45, 7) is 8.85. The van der Waals surface area contributed by atoms with Crippen molar-refractivity contribution in [1.29, 1.82) is 0 Å². The van der Waals surface area contributed by atoms with Crippen molar-refractivity contribution in [1.82, 2.24) is 0 Å². The van der Waals surface area contributed by atoms with E-state index in [0.29, 0.717) is 0 Å². The Labute approximate surface area is 209 Å². The van der Waals surface area contributed by atoms with Gasteiger partial charge >= 0.3 is 5.97 Å². The van der Waals surface area contributed by atoms with E-state index in [1.54, 1.807) is 0 Å². The molecule has 2 heteroatoms. The molecule has 198 valence electrons. The topological polar surface area (TPSA) is 37.3 Å². The lowest BCUT2D eigenvalue weighted by atomic mass is 9.69. The van der Waals surface area contributed by atoms with Gasteiger partial charge in [0.25, 0.3) is 0 Å². The molecule has 0 radical (unpaired) electrons. The van der Waals surface area contributed by atoms with Crippen LogP contribution >= 0.6 is 0 Å². The number of carbonyl (C=O) groups is 1. The molecule has 0 saturated carbocycles. The molecule has 0 aromatic carbocycles. The minimum Gasteiger partial charge on any atom is -0.481 e. The first kappa shape index (κ1) is 32.5. The first-order valence-electron chi connectivity index (χ1n) is 15.3. The minimum atomic E-state index is -0.546. The molecule has 0 saturated heterocycles. The molecule has 0 aliphatic rings. The van der Waals surface area contributed by atoms with E-state index in [1.807, 2.05) is 0 Å². The summed E-state index contributed by atoms with van der Waals surface area (Å²) in [5.74, 6) is -0.257. The molecule has 0 fully saturated rings. The Morgan fingerprint density at radius 3 is 1.24 bits per heavy atom. The number of rotatable bonds is 26. The van der Waals surface area contributed by atoms with Crippen LogP contribution in [0.5, 0.6) is 0 Å². The van der Waals surface area contributed by atoms with Gasteiger partial charge in [-0.3, -0.25) is 4.79 Å². The summed E-state index contributed by atoms with van der Waals surface area (Å²) in [4.78, 5) is 12.3. The van der Waals surface area contributed by atoms with Crippen LogP contribution < -0.4 is 0 Å². The lowest BCUT2D eigenvalue weighted by Gasteiger charge is -2.35. The van der Waals surface area contributed by atoms with E-state index < -0.39 is 11.4 Å². The number of carboxylic acids is 1. The molecule has 0 aromatic rings. The minimum absolute atomic E-state index is 0.289. The normalized spacial score (nSPS) is 14.3. The van der Waals surface area contributed by atoms with E-state index in [4.69, 9.17) is 0 Å². The van der Waals surface area contributed by atoms with Crippen LogP contribution in [0, 0.1) is 11.3 Å². The van der Waals surface area contributed by atoms with Crippen molar-refractivity contribution < 1.29 is 9.90 Å². The maximum atomic E-state index is 12.3. The van der Waals surface area contributed by atoms with Crippen molar-refractivity contribution in [3.8, 4) is 0 Å². The summed E-state index contributed by atoms with van der Waals surface area (Å²) in [7, 11) is 0. The second kappa shape index (κ2) is 23.2. The SMILES string of the molecule is CCCCCCCCCCCCCCCC(C)C(CC)(CCCCCCCCCC)C(=O)O. The van der Waals surface area contributed by atoms with Crippen LogP contribution in [0.4, 0.5) is 0 Å². The standard InChI is InChI=1S/C31H62O2/c1-5-8-10-12-14-16-17-18-19-20-21-23-25-27-29(4)31(7-3,30(32)33)28-26-24-22-15-13-11-9-6-2/h29H,5-28H2,1-4H3,(H,32,33). The molecule has 0 bridgehead atoms. The molecule has 33 heavy (non-hydrogen) atoms. The number of hydrogen-bond donors (Lipinski definition) is 1. The monoisotopic (exact) mass is 466 g/mol. The van der Waals surface area contributed by atoms with Crippen molar-refractivity contribution in [2.75, 3.05) is 0 Å². The fourth-order valence-corrected chi connectivity index (χ4v) is 5.56. The Morgan fingerprint density at radius 2 is 0.909 bits per heavy atom. The molecule has 0 aliphatic heterocycles. The van der Waals surface area contributed by atoms with Gasteiger partial charge in [0, 0.05) is 0 Å². The zero-order valence-electron chi connectivity index (χ0n) is 23.4. The average molecular weight is 467 g/mol. The summed E-state index contributed by atoms with van der Waals surface area (Å²) in [5, 5.41) is 10.1. The summed E-state index contributed by atoms with van der Waals surface area (Å²) < 4.78 is 0. The molecule has 2 nitrogen and oxygen atoms in total. The first-order chi connectivity index (χ1) is 16.0. The average Bonchev–Trinajstić information content (AvgIpc) is 2.81. The number of hydrogen-bond acceptors (Lipinski definition) is 1. The van der Waals surface area contributed by atoms with Gasteiger partial charge in [0.05, 0.1) is 5.41 Å². The highest BCUT2D eigenvalue weighted by Gasteiger charge is 2.40. The Hall–Kier alpha value is -0.530. The van der Waals surface area contributed by atoms with Crippen LogP contribution in [0.3, 0.4) is 0 Å². The maximum absolute atomic E-state index is 12.3. The van der Waals surface area contributed by atoms with Crippen molar-refractivity contribution in [3.63, 3.8) is 0 Å². The zero-order valence-corrected chi connectivity index (χ0v) is 23.4. The predicted molar refractivity (Wildman–Crippen MR) is 147 cm³/mol. The maximum Gasteiger partial charge on any atom is 0.309 e. The van der Waals surface area contributed by atoms with Crippen LogP contribution in [0.1, 0.15) is 182 Å². The number of aliphatic carboxylic acids is 1. The molecule has 0 amide bonds. The smallest absolute Gasteiger partial charge is 0.309 e. The lowest BCUT2D eigenvalue weighted by Crippen LogP contribution is -2.37. The Kier molecular flexibility index (Phi) is 22.9. The van der Waals surface area contributed by atoms with Gasteiger partial charge in [-0.1, -0.05) is 163 Å². The lowest BCUT2D eigenvalue weighted by molar-refractivity contribution is -0.153. The number of carboxylic acid groups (broad SMARTS) is 1. The second-order valence-corrected chi connectivity index (χ2v) is 11.0. The second-order valence-electron chi connectivity index (χ2n) is 11.0. The molecule has 2 atom stereocenters. The highest BCUT2D eigenvalue weighted by atomic mass is 16.4. The fourth-order valence-electron chi connectivity index (χ4n) is 5.56. The third kappa shape index (κ3) is 16.7. The van der Waals surface area contributed by atoms with Crippen molar-refractivity contribution in [2.24, 2.45) is 11.3 Å². The molecule has 0 aliphatic carbocycles. The van der Waals surface area contributed by atoms with Gasteiger partial charge in [-0.15, -0.1) is 0 Å². The highest BCUT2D eigenvalue weighted by molar-refractivity contribution is 5.74. The van der Waals surface area contributed by atoms with Gasteiger partial charge in [0.2, 0.25) is 0 Å². The molecule has 0 aromatic heterocycles. The summed E-state index contributed by atoms with van der Waals surface area (Å²) in [6.07, 6.45) is 30.8. The quantitative estimate of drug-likeness (QED) is 0.129. The Morgan fingerprint density at radius 1 is 0.576 bits per heavy atom. The van der Waals surface area contributed by atoms with Crippen molar-refractivity contribution in [2.45, 2.75) is 182 Å². The van der Waals surface area contributed by atoms with Gasteiger partial charge in [0.1, 0.15) is 0 Å². The first-order valence-corrected chi connectivity index (χ1v) is 15.3. The van der Waals surface area contributed by atoms with Gasteiger partial charge in [0.15, 0.2) is 0 Å². The molecule has 0 rings (SSSR count). The fraction of sp³-hybridized carbons (Fsp3) is 0.968. The Bertz CT molecular complexity index is 419. The van der Waals surface area contributed by atoms with Crippen LogP contribution in [-0.2, 0) is 4.79 Å². The molecule has 0 heterocycles. The molecule has 2 unspecified atom stereocenters. The Balaban J connectivity index is 3.91. The van der Waals surface area contributed by atoms with Crippen LogP contribution in [0.2, 0.25) is 0 Å². The zero-order chi connectivity index (χ0) is 24.6. The summed E-state index contributed by atoms with van der Waals surface area (Å²) in [5.41, 5.74) is -0.501. The van der Waals surface area contributed by atoms with E-state index in [2.05, 4.69) is 27.7 Å². The van der Waals surface area contributed by atoms with Crippen molar-refractivity contribution in [3.05, 3.63) is 0 Å². The molecular formula is C31H62O2. The van der Waals surface area contributed by atoms with Crippen LogP contribution in [0.15, 0.2) is 0 Å². The number of unbranched alkanes of at least 4 members (excludes halogenated alkanes) is 19. The van der Waals surface area contributed by atoms with E-state index >= 15 is 0 Å². The highest BCUT2D eigenvalue weighted by Crippen LogP contribution is 2.40. The molecule has 0 spiro atoms. The third-order valence-corrected chi connectivity index (χ3v) is 8.22.